The standard InChI is InChI=1S/C24H28N6O4S/c1-5-29-22(21(15(2)3)26-23(32)17-12-10-16(4)11-13-17)27-28-24(29)35-14-20(31)25-18-8-6-7-9-19(18)30(33)34/h6-13,15,21H,5,14H2,1-4H3,(H,25,31)(H,26,32)/t21-/m1/s1. The largest absolute Gasteiger partial charge is 0.342 e. The van der Waals surface area contributed by atoms with Crippen LogP contribution in [-0.2, 0) is 11.3 Å². The van der Waals surface area contributed by atoms with Crippen molar-refractivity contribution in [3.05, 3.63) is 75.6 Å². The summed E-state index contributed by atoms with van der Waals surface area (Å²) in [5, 5.41) is 25.9. The van der Waals surface area contributed by atoms with E-state index < -0.39 is 10.8 Å². The van der Waals surface area contributed by atoms with Crippen molar-refractivity contribution in [1.82, 2.24) is 20.1 Å². The van der Waals surface area contributed by atoms with Crippen LogP contribution in [0.1, 0.15) is 48.6 Å². The number of hydrogen-bond acceptors (Lipinski definition) is 7. The highest BCUT2D eigenvalue weighted by molar-refractivity contribution is 7.99. The van der Waals surface area contributed by atoms with E-state index in [1.54, 1.807) is 18.2 Å². The Morgan fingerprint density at radius 2 is 1.80 bits per heavy atom. The molecule has 10 nitrogen and oxygen atoms in total. The van der Waals surface area contributed by atoms with Gasteiger partial charge >= 0.3 is 0 Å². The van der Waals surface area contributed by atoms with Gasteiger partial charge in [0.2, 0.25) is 5.91 Å². The number of nitro benzene ring substituents is 1. The Labute approximate surface area is 207 Å². The van der Waals surface area contributed by atoms with Gasteiger partial charge in [-0.3, -0.25) is 19.7 Å². The van der Waals surface area contributed by atoms with E-state index in [9.17, 15) is 19.7 Å². The number of anilines is 1. The van der Waals surface area contributed by atoms with E-state index in [0.717, 1.165) is 5.56 Å². The van der Waals surface area contributed by atoms with E-state index in [2.05, 4.69) is 20.8 Å². The molecule has 0 aliphatic heterocycles. The predicted octanol–water partition coefficient (Wildman–Crippen LogP) is 4.37. The average molecular weight is 497 g/mol. The van der Waals surface area contributed by atoms with Crippen LogP contribution in [0.3, 0.4) is 0 Å². The molecule has 3 rings (SSSR count). The lowest BCUT2D eigenvalue weighted by atomic mass is 10.0. The SMILES string of the molecule is CCn1c(SCC(=O)Nc2ccccc2[N+](=O)[O-])nnc1[C@H](NC(=O)c1ccc(C)cc1)C(C)C. The van der Waals surface area contributed by atoms with Gasteiger partial charge in [-0.15, -0.1) is 10.2 Å². The molecule has 3 aromatic rings. The Morgan fingerprint density at radius 3 is 2.43 bits per heavy atom. The minimum absolute atomic E-state index is 0.00769. The Balaban J connectivity index is 1.72. The minimum Gasteiger partial charge on any atom is -0.342 e. The number of thioether (sulfide) groups is 1. The molecule has 0 saturated carbocycles. The first-order chi connectivity index (χ1) is 16.7. The third kappa shape index (κ3) is 6.44. The average Bonchev–Trinajstić information content (AvgIpc) is 3.24. The van der Waals surface area contributed by atoms with Crippen LogP contribution in [0.2, 0.25) is 0 Å². The fourth-order valence-electron chi connectivity index (χ4n) is 3.45. The number of amides is 2. The first-order valence-electron chi connectivity index (χ1n) is 11.2. The number of carbonyl (C=O) groups is 2. The van der Waals surface area contributed by atoms with Gasteiger partial charge < -0.3 is 15.2 Å². The molecule has 35 heavy (non-hydrogen) atoms. The maximum Gasteiger partial charge on any atom is 0.292 e. The Hall–Kier alpha value is -3.73. The summed E-state index contributed by atoms with van der Waals surface area (Å²) in [6.07, 6.45) is 0. The molecular formula is C24H28N6O4S. The number of aromatic nitrogens is 3. The molecule has 184 valence electrons. The first kappa shape index (κ1) is 25.9. The maximum atomic E-state index is 12.8. The summed E-state index contributed by atoms with van der Waals surface area (Å²) in [5.41, 5.74) is 1.60. The van der Waals surface area contributed by atoms with Gasteiger partial charge in [-0.1, -0.05) is 55.4 Å². The normalized spacial score (nSPS) is 11.8. The second-order valence-corrected chi connectivity index (χ2v) is 9.20. The van der Waals surface area contributed by atoms with Crippen LogP contribution < -0.4 is 10.6 Å². The van der Waals surface area contributed by atoms with Gasteiger partial charge in [0.05, 0.1) is 16.7 Å². The summed E-state index contributed by atoms with van der Waals surface area (Å²) in [7, 11) is 0. The minimum atomic E-state index is -0.542. The number of para-hydroxylation sites is 2. The number of aryl methyl sites for hydroxylation is 1. The lowest BCUT2D eigenvalue weighted by Crippen LogP contribution is -2.33. The zero-order chi connectivity index (χ0) is 25.5. The molecule has 0 saturated heterocycles. The number of hydrogen-bond donors (Lipinski definition) is 2. The lowest BCUT2D eigenvalue weighted by molar-refractivity contribution is -0.383. The quantitative estimate of drug-likeness (QED) is 0.242. The van der Waals surface area contributed by atoms with Gasteiger partial charge in [0.1, 0.15) is 5.69 Å². The van der Waals surface area contributed by atoms with Crippen LogP contribution in [0.4, 0.5) is 11.4 Å². The molecule has 0 radical (unpaired) electrons. The molecule has 1 aromatic heterocycles. The Bertz CT molecular complexity index is 1210. The zero-order valence-electron chi connectivity index (χ0n) is 20.0. The van der Waals surface area contributed by atoms with E-state index in [1.807, 2.05) is 44.4 Å². The van der Waals surface area contributed by atoms with E-state index in [4.69, 9.17) is 0 Å². The molecule has 0 unspecified atom stereocenters. The number of benzene rings is 2. The molecule has 1 atom stereocenters. The second-order valence-electron chi connectivity index (χ2n) is 8.26. The number of nitro groups is 1. The molecule has 2 amide bonds. The van der Waals surface area contributed by atoms with Crippen molar-refractivity contribution >= 4 is 35.0 Å². The van der Waals surface area contributed by atoms with Crippen LogP contribution >= 0.6 is 11.8 Å². The highest BCUT2D eigenvalue weighted by Gasteiger charge is 2.26. The zero-order valence-corrected chi connectivity index (χ0v) is 20.8. The highest BCUT2D eigenvalue weighted by Crippen LogP contribution is 2.27. The summed E-state index contributed by atoms with van der Waals surface area (Å²) in [6.45, 7) is 8.41. The predicted molar refractivity (Wildman–Crippen MR) is 134 cm³/mol. The number of carbonyl (C=O) groups excluding carboxylic acids is 2. The molecule has 2 aromatic carbocycles. The molecule has 0 fully saturated rings. The van der Waals surface area contributed by atoms with Crippen LogP contribution in [0.25, 0.3) is 0 Å². The van der Waals surface area contributed by atoms with E-state index in [0.29, 0.717) is 23.1 Å². The molecule has 2 N–H and O–H groups in total. The molecule has 0 aliphatic rings. The maximum absolute atomic E-state index is 12.8. The molecular weight excluding hydrogens is 468 g/mol. The number of nitrogens with one attached hydrogen (secondary N) is 2. The van der Waals surface area contributed by atoms with Gasteiger partial charge in [0, 0.05) is 18.2 Å². The summed E-state index contributed by atoms with van der Waals surface area (Å²) >= 11 is 1.17. The molecule has 11 heteroatoms. The molecule has 0 bridgehead atoms. The summed E-state index contributed by atoms with van der Waals surface area (Å²) < 4.78 is 1.86. The Kier molecular flexibility index (Phi) is 8.58. The van der Waals surface area contributed by atoms with E-state index in [-0.39, 0.29) is 35.0 Å². The van der Waals surface area contributed by atoms with Crippen LogP contribution in [0.5, 0.6) is 0 Å². The molecule has 0 aliphatic carbocycles. The van der Waals surface area contributed by atoms with Crippen molar-refractivity contribution in [1.29, 1.82) is 0 Å². The third-order valence-corrected chi connectivity index (χ3v) is 6.28. The Morgan fingerprint density at radius 1 is 1.11 bits per heavy atom. The van der Waals surface area contributed by atoms with Gasteiger partial charge in [-0.25, -0.2) is 0 Å². The van der Waals surface area contributed by atoms with Crippen molar-refractivity contribution in [2.45, 2.75) is 45.4 Å². The molecule has 0 spiro atoms. The van der Waals surface area contributed by atoms with Crippen molar-refractivity contribution in [2.75, 3.05) is 11.1 Å². The summed E-state index contributed by atoms with van der Waals surface area (Å²) in [6, 6.07) is 12.9. The highest BCUT2D eigenvalue weighted by atomic mass is 32.2. The van der Waals surface area contributed by atoms with Gasteiger partial charge in [0.15, 0.2) is 11.0 Å². The van der Waals surface area contributed by atoms with Crippen molar-refractivity contribution in [2.24, 2.45) is 5.92 Å². The molecule has 1 heterocycles. The van der Waals surface area contributed by atoms with Crippen molar-refractivity contribution in [3.63, 3.8) is 0 Å². The van der Waals surface area contributed by atoms with Crippen LogP contribution in [-0.4, -0.2) is 37.3 Å². The van der Waals surface area contributed by atoms with Gasteiger partial charge in [0.25, 0.3) is 11.6 Å². The number of nitrogens with zero attached hydrogens (tertiary/aromatic N) is 4. The smallest absolute Gasteiger partial charge is 0.292 e. The topological polar surface area (TPSA) is 132 Å². The second kappa shape index (κ2) is 11.6. The fourth-order valence-corrected chi connectivity index (χ4v) is 4.26. The van der Waals surface area contributed by atoms with E-state index in [1.165, 1.54) is 30.0 Å². The van der Waals surface area contributed by atoms with Crippen molar-refractivity contribution in [3.8, 4) is 0 Å². The first-order valence-corrected chi connectivity index (χ1v) is 12.2. The van der Waals surface area contributed by atoms with Crippen LogP contribution in [0, 0.1) is 23.0 Å². The van der Waals surface area contributed by atoms with Gasteiger partial charge in [-0.2, -0.15) is 0 Å². The van der Waals surface area contributed by atoms with Crippen LogP contribution in [0.15, 0.2) is 53.7 Å². The van der Waals surface area contributed by atoms with Gasteiger partial charge in [-0.05, 0) is 38.0 Å². The third-order valence-electron chi connectivity index (χ3n) is 5.31. The monoisotopic (exact) mass is 496 g/mol. The lowest BCUT2D eigenvalue weighted by Gasteiger charge is -2.22. The van der Waals surface area contributed by atoms with E-state index >= 15 is 0 Å². The summed E-state index contributed by atoms with van der Waals surface area (Å²) in [5.74, 6) is 0.0342. The summed E-state index contributed by atoms with van der Waals surface area (Å²) in [4.78, 5) is 35.9. The number of rotatable bonds is 10. The fraction of sp³-hybridized carbons (Fsp3) is 0.333. The van der Waals surface area contributed by atoms with Crippen molar-refractivity contribution < 1.29 is 14.5 Å².